The predicted molar refractivity (Wildman–Crippen MR) is 64.3 cm³/mol. The monoisotopic (exact) mass is 279 g/mol. The minimum absolute atomic E-state index is 0.268. The van der Waals surface area contributed by atoms with E-state index in [9.17, 15) is 18.3 Å². The fraction of sp³-hybridized carbons (Fsp3) is 0.917. The summed E-state index contributed by atoms with van der Waals surface area (Å²) in [5.74, 6) is -1.92. The highest BCUT2D eigenvalue weighted by molar-refractivity contribution is 4.91. The van der Waals surface area contributed by atoms with Gasteiger partial charge >= 0.3 is 6.18 Å². The van der Waals surface area contributed by atoms with E-state index in [1.54, 1.807) is 18.7 Å². The molecular formula is C12H20F3N3O. The Morgan fingerprint density at radius 3 is 2.00 bits per heavy atom. The Kier molecular flexibility index (Phi) is 5.18. The fourth-order valence-corrected chi connectivity index (χ4v) is 2.15. The highest BCUT2D eigenvalue weighted by Gasteiger charge is 2.41. The molecule has 0 aromatic rings. The molecule has 110 valence electrons. The van der Waals surface area contributed by atoms with Crippen LogP contribution in [0.4, 0.5) is 13.2 Å². The number of halogens is 3. The van der Waals surface area contributed by atoms with Crippen LogP contribution in [-0.4, -0.2) is 66.0 Å². The van der Waals surface area contributed by atoms with Gasteiger partial charge in [-0.1, -0.05) is 0 Å². The van der Waals surface area contributed by atoms with Gasteiger partial charge in [0, 0.05) is 39.3 Å². The standard InChI is InChI=1S/C12H20F3N3O/c1-11(2,19)9-18-5-3-17(4-6-18)8-10(7-16)12(13,14)15/h10,19H,3-6,8-9H2,1-2H3. The molecule has 1 heterocycles. The average Bonchev–Trinajstić information content (AvgIpc) is 2.24. The highest BCUT2D eigenvalue weighted by Crippen LogP contribution is 2.26. The minimum Gasteiger partial charge on any atom is -0.389 e. The van der Waals surface area contributed by atoms with Crippen LogP contribution in [0.25, 0.3) is 0 Å². The molecule has 0 aliphatic carbocycles. The molecule has 1 N–H and O–H groups in total. The van der Waals surface area contributed by atoms with Crippen LogP contribution >= 0.6 is 0 Å². The summed E-state index contributed by atoms with van der Waals surface area (Å²) in [7, 11) is 0. The summed E-state index contributed by atoms with van der Waals surface area (Å²) in [5, 5.41) is 18.2. The Labute approximate surface area is 111 Å². The molecule has 1 atom stereocenters. The number of piperazine rings is 1. The van der Waals surface area contributed by atoms with Crippen molar-refractivity contribution >= 4 is 0 Å². The molecule has 1 fully saturated rings. The van der Waals surface area contributed by atoms with Gasteiger partial charge in [-0.3, -0.25) is 9.80 Å². The summed E-state index contributed by atoms with van der Waals surface area (Å²) in [6.45, 7) is 5.84. The molecule has 7 heteroatoms. The van der Waals surface area contributed by atoms with Crippen LogP contribution in [0.2, 0.25) is 0 Å². The van der Waals surface area contributed by atoms with Crippen molar-refractivity contribution in [2.45, 2.75) is 25.6 Å². The van der Waals surface area contributed by atoms with E-state index in [1.807, 2.05) is 4.90 Å². The third-order valence-electron chi connectivity index (χ3n) is 3.07. The van der Waals surface area contributed by atoms with Crippen LogP contribution in [-0.2, 0) is 0 Å². The Hall–Kier alpha value is -0.840. The lowest BCUT2D eigenvalue weighted by molar-refractivity contribution is -0.164. The Morgan fingerprint density at radius 2 is 1.63 bits per heavy atom. The van der Waals surface area contributed by atoms with Crippen LogP contribution in [0.15, 0.2) is 0 Å². The number of aliphatic hydroxyl groups is 1. The molecule has 0 aromatic carbocycles. The zero-order chi connectivity index (χ0) is 14.7. The van der Waals surface area contributed by atoms with Crippen LogP contribution < -0.4 is 0 Å². The third kappa shape index (κ3) is 5.76. The maximum absolute atomic E-state index is 12.5. The van der Waals surface area contributed by atoms with Crippen LogP contribution in [0.5, 0.6) is 0 Å². The molecule has 0 radical (unpaired) electrons. The molecule has 0 bridgehead atoms. The van der Waals surface area contributed by atoms with E-state index in [1.165, 1.54) is 6.07 Å². The zero-order valence-electron chi connectivity index (χ0n) is 11.2. The van der Waals surface area contributed by atoms with Crippen molar-refractivity contribution in [2.24, 2.45) is 5.92 Å². The fourth-order valence-electron chi connectivity index (χ4n) is 2.15. The zero-order valence-corrected chi connectivity index (χ0v) is 11.2. The molecule has 0 amide bonds. The summed E-state index contributed by atoms with van der Waals surface area (Å²) in [4.78, 5) is 3.67. The van der Waals surface area contributed by atoms with Gasteiger partial charge in [0.2, 0.25) is 0 Å². The first-order valence-electron chi connectivity index (χ1n) is 6.25. The van der Waals surface area contributed by atoms with Crippen LogP contribution in [0, 0.1) is 17.2 Å². The predicted octanol–water partition coefficient (Wildman–Crippen LogP) is 1.08. The number of alkyl halides is 3. The molecule has 0 aromatic heterocycles. The average molecular weight is 279 g/mol. The lowest BCUT2D eigenvalue weighted by Gasteiger charge is -2.37. The van der Waals surface area contributed by atoms with Gasteiger partial charge in [0.25, 0.3) is 0 Å². The van der Waals surface area contributed by atoms with E-state index in [0.29, 0.717) is 32.7 Å². The highest BCUT2D eigenvalue weighted by atomic mass is 19.4. The Bertz CT molecular complexity index is 325. The lowest BCUT2D eigenvalue weighted by Crippen LogP contribution is -2.52. The van der Waals surface area contributed by atoms with Crippen LogP contribution in [0.3, 0.4) is 0 Å². The molecule has 0 saturated carbocycles. The van der Waals surface area contributed by atoms with E-state index in [-0.39, 0.29) is 6.54 Å². The summed E-state index contributed by atoms with van der Waals surface area (Å²) in [5.41, 5.74) is -0.802. The first kappa shape index (κ1) is 16.2. The second kappa shape index (κ2) is 6.07. The first-order valence-corrected chi connectivity index (χ1v) is 6.25. The molecule has 1 unspecified atom stereocenters. The van der Waals surface area contributed by atoms with Gasteiger partial charge in [0.05, 0.1) is 11.7 Å². The van der Waals surface area contributed by atoms with Crippen molar-refractivity contribution < 1.29 is 18.3 Å². The largest absolute Gasteiger partial charge is 0.405 e. The van der Waals surface area contributed by atoms with Gasteiger partial charge in [-0.25, -0.2) is 0 Å². The first-order chi connectivity index (χ1) is 8.62. The second-order valence-electron chi connectivity index (χ2n) is 5.61. The lowest BCUT2D eigenvalue weighted by atomic mass is 10.1. The molecule has 1 aliphatic rings. The molecule has 4 nitrogen and oxygen atoms in total. The van der Waals surface area contributed by atoms with Crippen molar-refractivity contribution in [1.29, 1.82) is 5.26 Å². The normalized spacial score (nSPS) is 21.1. The summed E-state index contributed by atoms with van der Waals surface area (Å²) in [6, 6.07) is 1.32. The number of rotatable bonds is 4. The van der Waals surface area contributed by atoms with Gasteiger partial charge in [0.1, 0.15) is 0 Å². The van der Waals surface area contributed by atoms with E-state index in [2.05, 4.69) is 0 Å². The Morgan fingerprint density at radius 1 is 1.16 bits per heavy atom. The van der Waals surface area contributed by atoms with Crippen molar-refractivity contribution in [1.82, 2.24) is 9.80 Å². The van der Waals surface area contributed by atoms with Crippen molar-refractivity contribution in [2.75, 3.05) is 39.3 Å². The van der Waals surface area contributed by atoms with Crippen molar-refractivity contribution in [3.05, 3.63) is 0 Å². The number of nitrogens with zero attached hydrogens (tertiary/aromatic N) is 3. The van der Waals surface area contributed by atoms with E-state index in [4.69, 9.17) is 5.26 Å². The summed E-state index contributed by atoms with van der Waals surface area (Å²) in [6.07, 6.45) is -4.46. The van der Waals surface area contributed by atoms with Crippen molar-refractivity contribution in [3.8, 4) is 6.07 Å². The molecular weight excluding hydrogens is 259 g/mol. The number of β-amino-alcohol motifs (C(OH)–C–C–N with tert-alkyl or cyclic N) is 1. The van der Waals surface area contributed by atoms with Crippen LogP contribution in [0.1, 0.15) is 13.8 Å². The second-order valence-corrected chi connectivity index (χ2v) is 5.61. The molecule has 0 spiro atoms. The number of nitriles is 1. The van der Waals surface area contributed by atoms with E-state index < -0.39 is 17.7 Å². The van der Waals surface area contributed by atoms with Crippen molar-refractivity contribution in [3.63, 3.8) is 0 Å². The van der Waals surface area contributed by atoms with E-state index in [0.717, 1.165) is 0 Å². The smallest absolute Gasteiger partial charge is 0.389 e. The van der Waals surface area contributed by atoms with E-state index >= 15 is 0 Å². The molecule has 1 aliphatic heterocycles. The van der Waals surface area contributed by atoms with Gasteiger partial charge < -0.3 is 5.11 Å². The maximum Gasteiger partial charge on any atom is 0.405 e. The SMILES string of the molecule is CC(C)(O)CN1CCN(CC(C#N)C(F)(F)F)CC1. The molecule has 1 saturated heterocycles. The van der Waals surface area contributed by atoms with Gasteiger partial charge in [-0.05, 0) is 13.8 Å². The Balaban J connectivity index is 2.40. The molecule has 1 rings (SSSR count). The quantitative estimate of drug-likeness (QED) is 0.836. The molecule has 19 heavy (non-hydrogen) atoms. The summed E-state index contributed by atoms with van der Waals surface area (Å²) < 4.78 is 37.4. The van der Waals surface area contributed by atoms with Gasteiger partial charge in [-0.15, -0.1) is 0 Å². The number of hydrogen-bond acceptors (Lipinski definition) is 4. The van der Waals surface area contributed by atoms with Gasteiger partial charge in [-0.2, -0.15) is 18.4 Å². The summed E-state index contributed by atoms with van der Waals surface area (Å²) >= 11 is 0. The maximum atomic E-state index is 12.5. The topological polar surface area (TPSA) is 50.5 Å². The third-order valence-corrected chi connectivity index (χ3v) is 3.07. The van der Waals surface area contributed by atoms with Gasteiger partial charge in [0.15, 0.2) is 5.92 Å². The minimum atomic E-state index is -4.46. The number of hydrogen-bond donors (Lipinski definition) is 1.